The third-order valence-corrected chi connectivity index (χ3v) is 4.13. The Hall–Kier alpha value is -0.970. The topological polar surface area (TPSA) is 111 Å². The smallest absolute Gasteiger partial charge is 0.285 e. The number of hydrogen-bond acceptors (Lipinski definition) is 5. The quantitative estimate of drug-likeness (QED) is 0.815. The normalized spacial score (nSPS) is 18.0. The van der Waals surface area contributed by atoms with Crippen molar-refractivity contribution in [2.45, 2.75) is 4.90 Å². The van der Waals surface area contributed by atoms with Gasteiger partial charge in [-0.2, -0.15) is 12.6 Å². The maximum absolute atomic E-state index is 11.6. The molecule has 0 amide bonds. The second-order valence-electron chi connectivity index (χ2n) is 2.98. The van der Waals surface area contributed by atoms with Gasteiger partial charge in [-0.1, -0.05) is 0 Å². The van der Waals surface area contributed by atoms with Crippen LogP contribution in [-0.2, 0) is 21.3 Å². The molecule has 2 rings (SSSR count). The van der Waals surface area contributed by atoms with E-state index in [1.165, 1.54) is 12.1 Å². The first-order valence-electron chi connectivity index (χ1n) is 4.13. The summed E-state index contributed by atoms with van der Waals surface area (Å²) >= 11 is 1.14. The maximum atomic E-state index is 11.6. The molecule has 92 valence electrons. The van der Waals surface area contributed by atoms with Crippen LogP contribution in [0.5, 0.6) is 5.75 Å². The van der Waals surface area contributed by atoms with E-state index < -0.39 is 21.3 Å². The fraction of sp³-hybridized carbons (Fsp3) is 0. The summed E-state index contributed by atoms with van der Waals surface area (Å²) < 4.78 is 42.5. The minimum atomic E-state index is -3.77. The molecule has 0 saturated carbocycles. The van der Waals surface area contributed by atoms with Crippen molar-refractivity contribution in [3.05, 3.63) is 16.6 Å². The van der Waals surface area contributed by atoms with E-state index in [1.807, 2.05) is 0 Å². The van der Waals surface area contributed by atoms with Crippen molar-refractivity contribution in [1.29, 1.82) is 0 Å². The molecule has 0 radical (unpaired) electrons. The Kier molecular flexibility index (Phi) is 3.21. The number of sulfonamides is 1. The lowest BCUT2D eigenvalue weighted by atomic mass is 10.3. The Morgan fingerprint density at radius 1 is 1.47 bits per heavy atom. The monoisotopic (exact) mass is 339 g/mol. The van der Waals surface area contributed by atoms with Crippen molar-refractivity contribution in [3.63, 3.8) is 0 Å². The van der Waals surface area contributed by atoms with Crippen molar-refractivity contribution >= 4 is 49.2 Å². The molecule has 3 N–H and O–H groups in total. The fourth-order valence-electron chi connectivity index (χ4n) is 1.26. The number of fused-ring (bicyclic) bond motifs is 1. The molecule has 10 heteroatoms. The molecule has 0 fully saturated rings. The molecule has 0 aliphatic carbocycles. The highest BCUT2D eigenvalue weighted by molar-refractivity contribution is 9.10. The van der Waals surface area contributed by atoms with Crippen molar-refractivity contribution < 1.29 is 16.8 Å². The van der Waals surface area contributed by atoms with Crippen LogP contribution in [-0.4, -0.2) is 19.0 Å². The molecule has 0 saturated heterocycles. The number of nitrogens with one attached hydrogen (secondary N) is 1. The van der Waals surface area contributed by atoms with Crippen molar-refractivity contribution in [3.8, 4) is 5.75 Å². The van der Waals surface area contributed by atoms with E-state index in [0.29, 0.717) is 10.2 Å². The van der Waals surface area contributed by atoms with Crippen LogP contribution >= 0.6 is 15.9 Å². The number of nitrogens with two attached hydrogens (primary N) is 1. The molecule has 1 unspecified atom stereocenters. The molecule has 1 aliphatic rings. The van der Waals surface area contributed by atoms with Gasteiger partial charge in [-0.3, -0.25) is 0 Å². The minimum absolute atomic E-state index is 0.0685. The summed E-state index contributed by atoms with van der Waals surface area (Å²) in [6.45, 7) is 0. The largest absolute Gasteiger partial charge is 0.389 e. The molecule has 17 heavy (non-hydrogen) atoms. The van der Waals surface area contributed by atoms with Gasteiger partial charge < -0.3 is 9.50 Å². The van der Waals surface area contributed by atoms with Gasteiger partial charge in [-0.05, 0) is 22.0 Å². The zero-order valence-electron chi connectivity index (χ0n) is 8.08. The highest BCUT2D eigenvalue weighted by atomic mass is 79.9. The standard InChI is InChI=1S/C7H6BrN3O4S2/c8-5-1-4(15-16(9)12)2-6-7(5)10-3-11-17(6,13)14/h1-3H,9H2,(H,10,11). The van der Waals surface area contributed by atoms with Crippen LogP contribution in [0.2, 0.25) is 0 Å². The fourth-order valence-corrected chi connectivity index (χ4v) is 3.23. The molecule has 0 spiro atoms. The lowest BCUT2D eigenvalue weighted by molar-refractivity contribution is 0.560. The highest BCUT2D eigenvalue weighted by Gasteiger charge is 2.24. The van der Waals surface area contributed by atoms with Crippen LogP contribution < -0.4 is 14.6 Å². The summed E-state index contributed by atoms with van der Waals surface area (Å²) in [7, 11) is -3.77. The summed E-state index contributed by atoms with van der Waals surface area (Å²) in [5.41, 5.74) is 0.343. The van der Waals surface area contributed by atoms with E-state index in [4.69, 9.17) is 9.32 Å². The second-order valence-corrected chi connectivity index (χ2v) is 6.12. The summed E-state index contributed by atoms with van der Waals surface area (Å²) in [4.78, 5) is -0.0742. The van der Waals surface area contributed by atoms with E-state index in [1.54, 1.807) is 0 Å². The van der Waals surface area contributed by atoms with Gasteiger partial charge in [0.2, 0.25) is 0 Å². The maximum Gasteiger partial charge on any atom is 0.285 e. The van der Waals surface area contributed by atoms with Crippen molar-refractivity contribution in [2.75, 3.05) is 5.32 Å². The van der Waals surface area contributed by atoms with Crippen LogP contribution in [0.15, 0.2) is 25.9 Å². The second kappa shape index (κ2) is 4.37. The molecule has 1 aliphatic heterocycles. The van der Waals surface area contributed by atoms with Crippen molar-refractivity contribution in [2.24, 2.45) is 9.54 Å². The van der Waals surface area contributed by atoms with Crippen molar-refractivity contribution in [1.82, 2.24) is 0 Å². The average molecular weight is 340 g/mol. The third kappa shape index (κ3) is 2.49. The van der Waals surface area contributed by atoms with Gasteiger partial charge in [-0.15, -0.1) is 4.40 Å². The van der Waals surface area contributed by atoms with E-state index in [-0.39, 0.29) is 10.6 Å². The average Bonchev–Trinajstić information content (AvgIpc) is 2.18. The van der Waals surface area contributed by atoms with Gasteiger partial charge >= 0.3 is 0 Å². The van der Waals surface area contributed by atoms with E-state index in [9.17, 15) is 12.6 Å². The summed E-state index contributed by atoms with van der Waals surface area (Å²) in [5.74, 6) is 0.0685. The summed E-state index contributed by atoms with van der Waals surface area (Å²) in [6.07, 6.45) is 1.07. The number of anilines is 1. The molecule has 1 heterocycles. The first-order chi connectivity index (χ1) is 7.90. The molecule has 1 atom stereocenters. The summed E-state index contributed by atoms with van der Waals surface area (Å²) in [5, 5.41) is 7.64. The van der Waals surface area contributed by atoms with E-state index in [2.05, 4.69) is 25.6 Å². The first-order valence-corrected chi connectivity index (χ1v) is 7.50. The van der Waals surface area contributed by atoms with E-state index >= 15 is 0 Å². The Bertz CT molecular complexity index is 628. The van der Waals surface area contributed by atoms with E-state index in [0.717, 1.165) is 6.34 Å². The van der Waals surface area contributed by atoms with Crippen LogP contribution in [0.3, 0.4) is 0 Å². The van der Waals surface area contributed by atoms with Crippen LogP contribution in [0.1, 0.15) is 0 Å². The van der Waals surface area contributed by atoms with Gasteiger partial charge in [-0.25, -0.2) is 5.14 Å². The van der Waals surface area contributed by atoms with Gasteiger partial charge in [0.05, 0.1) is 5.69 Å². The Morgan fingerprint density at radius 2 is 2.18 bits per heavy atom. The Labute approximate surface area is 108 Å². The highest BCUT2D eigenvalue weighted by Crippen LogP contribution is 2.36. The van der Waals surface area contributed by atoms with Gasteiger partial charge in [0, 0.05) is 10.5 Å². The van der Waals surface area contributed by atoms with Gasteiger partial charge in [0.15, 0.2) is 0 Å². The first kappa shape index (κ1) is 12.5. The van der Waals surface area contributed by atoms with Crippen LogP contribution in [0.4, 0.5) is 5.69 Å². The Balaban J connectivity index is 2.61. The Morgan fingerprint density at radius 3 is 2.82 bits per heavy atom. The zero-order valence-corrected chi connectivity index (χ0v) is 11.3. The number of hydrogen-bond donors (Lipinski definition) is 2. The zero-order chi connectivity index (χ0) is 12.6. The molecule has 7 nitrogen and oxygen atoms in total. The number of rotatable bonds is 2. The van der Waals surface area contributed by atoms with Gasteiger partial charge in [0.25, 0.3) is 21.3 Å². The predicted molar refractivity (Wildman–Crippen MR) is 66.4 cm³/mol. The lowest BCUT2D eigenvalue weighted by Gasteiger charge is -2.15. The SMILES string of the molecule is NS(=O)Oc1cc(Br)c2c(c1)S(=O)(=O)N=CN2. The number of benzene rings is 1. The molecular weight excluding hydrogens is 334 g/mol. The molecule has 0 bridgehead atoms. The van der Waals surface area contributed by atoms with Gasteiger partial charge in [0.1, 0.15) is 17.0 Å². The minimum Gasteiger partial charge on any atom is -0.389 e. The molecule has 0 aromatic heterocycles. The number of nitrogens with zero attached hydrogens (tertiary/aromatic N) is 1. The molecular formula is C7H6BrN3O4S2. The molecule has 1 aromatic rings. The van der Waals surface area contributed by atoms with Crippen LogP contribution in [0, 0.1) is 0 Å². The third-order valence-electron chi connectivity index (χ3n) is 1.88. The summed E-state index contributed by atoms with van der Waals surface area (Å²) in [6, 6.07) is 2.65. The lowest BCUT2D eigenvalue weighted by Crippen LogP contribution is -2.14. The predicted octanol–water partition coefficient (Wildman–Crippen LogP) is 0.508. The number of halogens is 1. The molecule has 1 aromatic carbocycles. The van der Waals surface area contributed by atoms with Crippen LogP contribution in [0.25, 0.3) is 0 Å².